The molecule has 0 spiro atoms. The third kappa shape index (κ3) is 2.67. The Morgan fingerprint density at radius 2 is 1.76 bits per heavy atom. The monoisotopic (exact) mass is 297 g/mol. The Balaban J connectivity index is 1.45. The third-order valence-electron chi connectivity index (χ3n) is 4.98. The number of benzene rings is 1. The smallest absolute Gasteiger partial charge is 0.0388 e. The van der Waals surface area contributed by atoms with Crippen molar-refractivity contribution in [2.45, 2.75) is 57.5 Å². The molecule has 2 aliphatic rings. The lowest BCUT2D eigenvalue weighted by Gasteiger charge is -2.18. The second-order valence-corrected chi connectivity index (χ2v) is 7.73. The predicted molar refractivity (Wildman–Crippen MR) is 90.1 cm³/mol. The van der Waals surface area contributed by atoms with Crippen LogP contribution in [-0.2, 0) is 25.7 Å². The van der Waals surface area contributed by atoms with E-state index < -0.39 is 0 Å². The van der Waals surface area contributed by atoms with Gasteiger partial charge in [-0.1, -0.05) is 24.3 Å². The Hall–Kier alpha value is -1.12. The first kappa shape index (κ1) is 13.5. The highest BCUT2D eigenvalue weighted by molar-refractivity contribution is 7.12. The van der Waals surface area contributed by atoms with Crippen LogP contribution < -0.4 is 5.32 Å². The van der Waals surface area contributed by atoms with Crippen LogP contribution in [-0.4, -0.2) is 6.04 Å². The molecule has 0 bridgehead atoms. The summed E-state index contributed by atoms with van der Waals surface area (Å²) in [5.74, 6) is 0. The van der Waals surface area contributed by atoms with E-state index in [1.165, 1.54) is 54.5 Å². The first-order valence-electron chi connectivity index (χ1n) is 8.24. The summed E-state index contributed by atoms with van der Waals surface area (Å²) in [5, 5.41) is 3.86. The van der Waals surface area contributed by atoms with Crippen molar-refractivity contribution in [1.82, 2.24) is 5.32 Å². The van der Waals surface area contributed by atoms with Crippen molar-refractivity contribution in [3.63, 3.8) is 0 Å². The third-order valence-corrected chi connectivity index (χ3v) is 6.40. The fourth-order valence-electron chi connectivity index (χ4n) is 3.84. The Kier molecular flexibility index (Phi) is 3.60. The topological polar surface area (TPSA) is 12.0 Å². The maximum absolute atomic E-state index is 3.86. The fourth-order valence-corrected chi connectivity index (χ4v) is 5.11. The molecular formula is C19H23NS. The molecule has 21 heavy (non-hydrogen) atoms. The van der Waals surface area contributed by atoms with Crippen molar-refractivity contribution < 1.29 is 0 Å². The van der Waals surface area contributed by atoms with Gasteiger partial charge in [0.2, 0.25) is 0 Å². The minimum Gasteiger partial charge on any atom is -0.306 e. The molecule has 1 heterocycles. The number of thiophene rings is 1. The lowest BCUT2D eigenvalue weighted by Crippen LogP contribution is -2.31. The average molecular weight is 297 g/mol. The highest BCUT2D eigenvalue weighted by Gasteiger charge is 2.24. The van der Waals surface area contributed by atoms with Crippen LogP contribution >= 0.6 is 11.3 Å². The number of hydrogen-bond donors (Lipinski definition) is 1. The standard InChI is InChI=1S/C19H23NS/c1-13(19-12-16-8-4-5-9-18(16)21-19)20-17-10-14-6-2-3-7-15(14)11-17/h2-3,6-7,12-13,17,20H,4-5,8-11H2,1H3. The van der Waals surface area contributed by atoms with Crippen LogP contribution in [0.3, 0.4) is 0 Å². The first-order valence-corrected chi connectivity index (χ1v) is 9.05. The van der Waals surface area contributed by atoms with Crippen LogP contribution in [0.25, 0.3) is 0 Å². The molecule has 2 heteroatoms. The average Bonchev–Trinajstić information content (AvgIpc) is 3.10. The van der Waals surface area contributed by atoms with E-state index in [0.717, 1.165) is 0 Å². The van der Waals surface area contributed by atoms with Crippen molar-refractivity contribution in [1.29, 1.82) is 0 Å². The van der Waals surface area contributed by atoms with E-state index in [0.29, 0.717) is 12.1 Å². The number of hydrogen-bond acceptors (Lipinski definition) is 2. The molecule has 0 saturated carbocycles. The van der Waals surface area contributed by atoms with Crippen molar-refractivity contribution in [2.75, 3.05) is 0 Å². The second kappa shape index (κ2) is 5.58. The van der Waals surface area contributed by atoms with Gasteiger partial charge in [-0.15, -0.1) is 11.3 Å². The van der Waals surface area contributed by atoms with Gasteiger partial charge in [0.25, 0.3) is 0 Å². The highest BCUT2D eigenvalue weighted by Crippen LogP contribution is 2.33. The molecule has 2 aromatic rings. The van der Waals surface area contributed by atoms with Crippen LogP contribution in [0.4, 0.5) is 0 Å². The largest absolute Gasteiger partial charge is 0.306 e. The summed E-state index contributed by atoms with van der Waals surface area (Å²) in [6.45, 7) is 2.33. The molecular weight excluding hydrogens is 274 g/mol. The number of nitrogens with one attached hydrogen (secondary N) is 1. The predicted octanol–water partition coefficient (Wildman–Crippen LogP) is 4.44. The summed E-state index contributed by atoms with van der Waals surface area (Å²) in [4.78, 5) is 3.19. The SMILES string of the molecule is CC(NC1Cc2ccccc2C1)c1cc2c(s1)CCCC2. The lowest BCUT2D eigenvalue weighted by molar-refractivity contribution is 0.472. The van der Waals surface area contributed by atoms with E-state index in [1.54, 1.807) is 10.4 Å². The molecule has 110 valence electrons. The number of rotatable bonds is 3. The molecule has 1 nitrogen and oxygen atoms in total. The lowest BCUT2D eigenvalue weighted by atomic mass is 9.99. The summed E-state index contributed by atoms with van der Waals surface area (Å²) in [7, 11) is 0. The van der Waals surface area contributed by atoms with E-state index in [-0.39, 0.29) is 0 Å². The van der Waals surface area contributed by atoms with Gasteiger partial charge in [-0.2, -0.15) is 0 Å². The summed E-state index contributed by atoms with van der Waals surface area (Å²) in [6.07, 6.45) is 7.74. The molecule has 0 radical (unpaired) electrons. The van der Waals surface area contributed by atoms with Gasteiger partial charge >= 0.3 is 0 Å². The van der Waals surface area contributed by atoms with Crippen LogP contribution in [0.5, 0.6) is 0 Å². The molecule has 0 saturated heterocycles. The van der Waals surface area contributed by atoms with Gasteiger partial charge in [-0.05, 0) is 68.2 Å². The molecule has 0 aliphatic heterocycles. The van der Waals surface area contributed by atoms with Crippen LogP contribution in [0, 0.1) is 0 Å². The summed E-state index contributed by atoms with van der Waals surface area (Å²) in [6, 6.07) is 12.5. The van der Waals surface area contributed by atoms with Crippen molar-refractivity contribution in [3.8, 4) is 0 Å². The number of aryl methyl sites for hydroxylation is 2. The Morgan fingerprint density at radius 3 is 2.48 bits per heavy atom. The second-order valence-electron chi connectivity index (χ2n) is 6.57. The molecule has 2 aliphatic carbocycles. The van der Waals surface area contributed by atoms with Gasteiger partial charge in [0.1, 0.15) is 0 Å². The summed E-state index contributed by atoms with van der Waals surface area (Å²) < 4.78 is 0. The fraction of sp³-hybridized carbons (Fsp3) is 0.474. The van der Waals surface area contributed by atoms with Crippen LogP contribution in [0.15, 0.2) is 30.3 Å². The van der Waals surface area contributed by atoms with E-state index in [2.05, 4.69) is 42.6 Å². The van der Waals surface area contributed by atoms with E-state index >= 15 is 0 Å². The van der Waals surface area contributed by atoms with Gasteiger partial charge in [-0.25, -0.2) is 0 Å². The summed E-state index contributed by atoms with van der Waals surface area (Å²) >= 11 is 2.05. The minimum atomic E-state index is 0.486. The van der Waals surface area contributed by atoms with E-state index in [9.17, 15) is 0 Å². The highest BCUT2D eigenvalue weighted by atomic mass is 32.1. The van der Waals surface area contributed by atoms with Crippen molar-refractivity contribution >= 4 is 11.3 Å². The van der Waals surface area contributed by atoms with Crippen LogP contribution in [0.2, 0.25) is 0 Å². The van der Waals surface area contributed by atoms with Gasteiger partial charge in [0.15, 0.2) is 0 Å². The molecule has 0 fully saturated rings. The zero-order chi connectivity index (χ0) is 14.2. The van der Waals surface area contributed by atoms with E-state index in [4.69, 9.17) is 0 Å². The maximum Gasteiger partial charge on any atom is 0.0388 e. The number of fused-ring (bicyclic) bond motifs is 2. The molecule has 1 aromatic carbocycles. The van der Waals surface area contributed by atoms with Crippen LogP contribution in [0.1, 0.15) is 52.3 Å². The summed E-state index contributed by atoms with van der Waals surface area (Å²) in [5.41, 5.74) is 4.70. The molecule has 1 unspecified atom stereocenters. The van der Waals surface area contributed by atoms with Gasteiger partial charge in [0.05, 0.1) is 0 Å². The normalized spacial score (nSPS) is 19.3. The molecule has 4 rings (SSSR count). The Labute approximate surface area is 131 Å². The molecule has 1 N–H and O–H groups in total. The van der Waals surface area contributed by atoms with Crippen molar-refractivity contribution in [3.05, 3.63) is 56.8 Å². The van der Waals surface area contributed by atoms with Gasteiger partial charge in [0, 0.05) is 21.8 Å². The van der Waals surface area contributed by atoms with Gasteiger partial charge < -0.3 is 5.32 Å². The zero-order valence-corrected chi connectivity index (χ0v) is 13.5. The Morgan fingerprint density at radius 1 is 1.05 bits per heavy atom. The Bertz CT molecular complexity index is 594. The van der Waals surface area contributed by atoms with Crippen molar-refractivity contribution in [2.24, 2.45) is 0 Å². The molecule has 1 aromatic heterocycles. The maximum atomic E-state index is 3.86. The minimum absolute atomic E-state index is 0.486. The quantitative estimate of drug-likeness (QED) is 0.883. The molecule has 0 amide bonds. The zero-order valence-electron chi connectivity index (χ0n) is 12.7. The first-order chi connectivity index (χ1) is 10.3. The molecule has 1 atom stereocenters. The van der Waals surface area contributed by atoms with Gasteiger partial charge in [-0.3, -0.25) is 0 Å². The van der Waals surface area contributed by atoms with E-state index in [1.807, 2.05) is 11.3 Å².